The predicted octanol–water partition coefficient (Wildman–Crippen LogP) is 2.04. The zero-order chi connectivity index (χ0) is 12.1. The lowest BCUT2D eigenvalue weighted by molar-refractivity contribution is 0.0950. The number of hydrogen-bond acceptors (Lipinski definition) is 2. The first kappa shape index (κ1) is 11.7. The molecule has 0 aromatic carbocycles. The molecule has 0 spiro atoms. The van der Waals surface area contributed by atoms with Gasteiger partial charge >= 0.3 is 0 Å². The number of halogens is 1. The molecule has 2 N–H and O–H groups in total. The van der Waals surface area contributed by atoms with Crippen molar-refractivity contribution >= 4 is 17.5 Å². The number of aromatic nitrogens is 2. The van der Waals surface area contributed by atoms with E-state index in [1.807, 2.05) is 12.1 Å². The van der Waals surface area contributed by atoms with E-state index in [1.54, 1.807) is 24.7 Å². The van der Waals surface area contributed by atoms with Crippen LogP contribution in [0.2, 0.25) is 5.02 Å². The SMILES string of the molecule is O=C(NCCc1ccncc1)c1cc(Cl)c[nH]1. The molecule has 2 heterocycles. The molecule has 4 nitrogen and oxygen atoms in total. The number of amides is 1. The topological polar surface area (TPSA) is 57.8 Å². The molecule has 5 heteroatoms. The average Bonchev–Trinajstić information content (AvgIpc) is 2.77. The maximum absolute atomic E-state index is 11.6. The molecule has 0 saturated heterocycles. The van der Waals surface area contributed by atoms with Crippen LogP contribution in [0.25, 0.3) is 0 Å². The first-order valence-electron chi connectivity index (χ1n) is 5.27. The molecule has 0 fully saturated rings. The van der Waals surface area contributed by atoms with Gasteiger partial charge in [-0.3, -0.25) is 9.78 Å². The maximum atomic E-state index is 11.6. The second kappa shape index (κ2) is 5.50. The molecule has 1 amide bonds. The number of carbonyl (C=O) groups excluding carboxylic acids is 1. The Labute approximate surface area is 104 Å². The molecule has 0 unspecified atom stereocenters. The van der Waals surface area contributed by atoms with Crippen molar-refractivity contribution in [1.82, 2.24) is 15.3 Å². The number of hydrogen-bond donors (Lipinski definition) is 2. The first-order chi connectivity index (χ1) is 8.25. The van der Waals surface area contributed by atoms with Crippen molar-refractivity contribution in [3.05, 3.63) is 53.1 Å². The van der Waals surface area contributed by atoms with Gasteiger partial charge in [0.25, 0.3) is 5.91 Å². The van der Waals surface area contributed by atoms with Gasteiger partial charge in [-0.2, -0.15) is 0 Å². The summed E-state index contributed by atoms with van der Waals surface area (Å²) in [5.41, 5.74) is 1.62. The summed E-state index contributed by atoms with van der Waals surface area (Å²) in [5.74, 6) is -0.147. The molecule has 0 aliphatic rings. The van der Waals surface area contributed by atoms with Gasteiger partial charge < -0.3 is 10.3 Å². The number of carbonyl (C=O) groups is 1. The van der Waals surface area contributed by atoms with E-state index in [-0.39, 0.29) is 5.91 Å². The summed E-state index contributed by atoms with van der Waals surface area (Å²) in [6, 6.07) is 5.46. The molecule has 2 aromatic heterocycles. The lowest BCUT2D eigenvalue weighted by Gasteiger charge is -2.03. The summed E-state index contributed by atoms with van der Waals surface area (Å²) in [6.45, 7) is 0.583. The van der Waals surface area contributed by atoms with E-state index in [9.17, 15) is 4.79 Å². The van der Waals surface area contributed by atoms with Gasteiger partial charge in [-0.05, 0) is 30.2 Å². The van der Waals surface area contributed by atoms with E-state index in [0.29, 0.717) is 17.3 Å². The second-order valence-electron chi connectivity index (χ2n) is 3.59. The van der Waals surface area contributed by atoms with Crippen LogP contribution in [0.15, 0.2) is 36.8 Å². The van der Waals surface area contributed by atoms with Gasteiger partial charge in [0, 0.05) is 25.1 Å². The molecule has 0 bridgehead atoms. The fourth-order valence-electron chi connectivity index (χ4n) is 1.46. The lowest BCUT2D eigenvalue weighted by atomic mass is 10.2. The summed E-state index contributed by atoms with van der Waals surface area (Å²) < 4.78 is 0. The van der Waals surface area contributed by atoms with Crippen LogP contribution < -0.4 is 5.32 Å². The molecule has 0 radical (unpaired) electrons. The minimum atomic E-state index is -0.147. The standard InChI is InChI=1S/C12H12ClN3O/c13-10-7-11(16-8-10)12(17)15-6-3-9-1-4-14-5-2-9/h1-2,4-5,7-8,16H,3,6H2,(H,15,17). The summed E-state index contributed by atoms with van der Waals surface area (Å²) in [4.78, 5) is 18.4. The number of nitrogens with zero attached hydrogens (tertiary/aromatic N) is 1. The number of rotatable bonds is 4. The number of aromatic amines is 1. The largest absolute Gasteiger partial charge is 0.356 e. The van der Waals surface area contributed by atoms with Crippen molar-refractivity contribution < 1.29 is 4.79 Å². The van der Waals surface area contributed by atoms with Gasteiger partial charge in [-0.1, -0.05) is 11.6 Å². The van der Waals surface area contributed by atoms with Crippen LogP contribution in [-0.2, 0) is 6.42 Å². The number of pyridine rings is 1. The van der Waals surface area contributed by atoms with Crippen molar-refractivity contribution in [2.75, 3.05) is 6.54 Å². The third kappa shape index (κ3) is 3.32. The second-order valence-corrected chi connectivity index (χ2v) is 4.03. The van der Waals surface area contributed by atoms with Crippen LogP contribution >= 0.6 is 11.6 Å². The molecule has 0 aliphatic heterocycles. The normalized spacial score (nSPS) is 10.2. The van der Waals surface area contributed by atoms with Crippen molar-refractivity contribution in [2.24, 2.45) is 0 Å². The van der Waals surface area contributed by atoms with Crippen LogP contribution in [0.4, 0.5) is 0 Å². The molecule has 0 aliphatic carbocycles. The van der Waals surface area contributed by atoms with Crippen LogP contribution in [0, 0.1) is 0 Å². The fraction of sp³-hybridized carbons (Fsp3) is 0.167. The van der Waals surface area contributed by atoms with Crippen LogP contribution in [0.3, 0.4) is 0 Å². The summed E-state index contributed by atoms with van der Waals surface area (Å²) in [5, 5.41) is 3.34. The Morgan fingerprint density at radius 3 is 2.82 bits per heavy atom. The molecule has 2 rings (SSSR count). The third-order valence-electron chi connectivity index (χ3n) is 2.34. The molecule has 17 heavy (non-hydrogen) atoms. The van der Waals surface area contributed by atoms with Gasteiger partial charge in [-0.25, -0.2) is 0 Å². The van der Waals surface area contributed by atoms with Crippen molar-refractivity contribution in [2.45, 2.75) is 6.42 Å². The first-order valence-corrected chi connectivity index (χ1v) is 5.64. The Balaban J connectivity index is 1.81. The summed E-state index contributed by atoms with van der Waals surface area (Å²) in [6.07, 6.45) is 5.84. The highest BCUT2D eigenvalue weighted by Gasteiger charge is 2.06. The molecule has 88 valence electrons. The third-order valence-corrected chi connectivity index (χ3v) is 2.56. The van der Waals surface area contributed by atoms with Crippen LogP contribution in [0.1, 0.15) is 16.1 Å². The fourth-order valence-corrected chi connectivity index (χ4v) is 1.63. The Hall–Kier alpha value is -1.81. The molecular formula is C12H12ClN3O. The number of nitrogens with one attached hydrogen (secondary N) is 2. The van der Waals surface area contributed by atoms with Gasteiger partial charge in [-0.15, -0.1) is 0 Å². The van der Waals surface area contributed by atoms with Crippen molar-refractivity contribution in [3.63, 3.8) is 0 Å². The summed E-state index contributed by atoms with van der Waals surface area (Å²) in [7, 11) is 0. The van der Waals surface area contributed by atoms with E-state index >= 15 is 0 Å². The Morgan fingerprint density at radius 2 is 2.18 bits per heavy atom. The lowest BCUT2D eigenvalue weighted by Crippen LogP contribution is -2.25. The highest BCUT2D eigenvalue weighted by Crippen LogP contribution is 2.08. The van der Waals surface area contributed by atoms with Gasteiger partial charge in [0.05, 0.1) is 5.02 Å². The Bertz CT molecular complexity index is 495. The van der Waals surface area contributed by atoms with Crippen molar-refractivity contribution in [1.29, 1.82) is 0 Å². The van der Waals surface area contributed by atoms with Crippen molar-refractivity contribution in [3.8, 4) is 0 Å². The summed E-state index contributed by atoms with van der Waals surface area (Å²) >= 11 is 5.72. The van der Waals surface area contributed by atoms with E-state index < -0.39 is 0 Å². The average molecular weight is 250 g/mol. The van der Waals surface area contributed by atoms with Crippen LogP contribution in [-0.4, -0.2) is 22.4 Å². The monoisotopic (exact) mass is 249 g/mol. The molecular weight excluding hydrogens is 238 g/mol. The van der Waals surface area contributed by atoms with Gasteiger partial charge in [0.2, 0.25) is 0 Å². The van der Waals surface area contributed by atoms with E-state index in [0.717, 1.165) is 12.0 Å². The highest BCUT2D eigenvalue weighted by atomic mass is 35.5. The number of H-pyrrole nitrogens is 1. The molecule has 2 aromatic rings. The van der Waals surface area contributed by atoms with Gasteiger partial charge in [0.1, 0.15) is 5.69 Å². The smallest absolute Gasteiger partial charge is 0.267 e. The molecule has 0 atom stereocenters. The van der Waals surface area contributed by atoms with E-state index in [4.69, 9.17) is 11.6 Å². The minimum absolute atomic E-state index is 0.147. The molecule has 0 saturated carbocycles. The van der Waals surface area contributed by atoms with E-state index in [1.165, 1.54) is 0 Å². The minimum Gasteiger partial charge on any atom is -0.356 e. The van der Waals surface area contributed by atoms with Gasteiger partial charge in [0.15, 0.2) is 0 Å². The predicted molar refractivity (Wildman–Crippen MR) is 66.1 cm³/mol. The Kier molecular flexibility index (Phi) is 3.77. The quantitative estimate of drug-likeness (QED) is 0.871. The van der Waals surface area contributed by atoms with Crippen LogP contribution in [0.5, 0.6) is 0 Å². The Morgan fingerprint density at radius 1 is 1.41 bits per heavy atom. The zero-order valence-corrected chi connectivity index (χ0v) is 9.87. The zero-order valence-electron chi connectivity index (χ0n) is 9.11. The maximum Gasteiger partial charge on any atom is 0.267 e. The van der Waals surface area contributed by atoms with E-state index in [2.05, 4.69) is 15.3 Å². The highest BCUT2D eigenvalue weighted by molar-refractivity contribution is 6.30.